The monoisotopic (exact) mass is 362 g/mol. The Kier molecular flexibility index (Phi) is 6.95. The largest absolute Gasteiger partial charge is 0.494 e. The van der Waals surface area contributed by atoms with Gasteiger partial charge in [-0.25, -0.2) is 4.79 Å². The first-order chi connectivity index (χ1) is 12.0. The molecule has 0 atom stereocenters. The van der Waals surface area contributed by atoms with Gasteiger partial charge in [0, 0.05) is 6.07 Å². The van der Waals surface area contributed by atoms with Gasteiger partial charge in [-0.15, -0.1) is 0 Å². The Labute approximate surface area is 153 Å². The average Bonchev–Trinajstić information content (AvgIpc) is 2.56. The molecule has 134 valence electrons. The van der Waals surface area contributed by atoms with Crippen molar-refractivity contribution >= 4 is 23.3 Å². The van der Waals surface area contributed by atoms with Crippen LogP contribution in [0.1, 0.15) is 18.1 Å². The first-order valence-electron chi connectivity index (χ1n) is 8.17. The standard InChI is InChI=1S/C19H23ClN2O3/c1-4-24-15-6-5-7-16(12-15)25-9-8-21-19(23)22-18-14(3)10-13(2)11-17(18)20/h5-7,10-12H,4,8-9H2,1-3H3,(H2,21,22,23). The van der Waals surface area contributed by atoms with E-state index in [1.54, 1.807) is 0 Å². The zero-order valence-corrected chi connectivity index (χ0v) is 15.4. The molecule has 2 amide bonds. The summed E-state index contributed by atoms with van der Waals surface area (Å²) in [5.41, 5.74) is 2.59. The van der Waals surface area contributed by atoms with E-state index in [2.05, 4.69) is 10.6 Å². The SMILES string of the molecule is CCOc1cccc(OCCNC(=O)Nc2c(C)cc(C)cc2Cl)c1. The number of anilines is 1. The molecule has 0 radical (unpaired) electrons. The number of carbonyl (C=O) groups excluding carboxylic acids is 1. The molecule has 2 aromatic rings. The van der Waals surface area contributed by atoms with Crippen LogP contribution in [-0.4, -0.2) is 25.8 Å². The van der Waals surface area contributed by atoms with Crippen molar-refractivity contribution in [3.8, 4) is 11.5 Å². The number of benzene rings is 2. The molecule has 0 aromatic heterocycles. The maximum Gasteiger partial charge on any atom is 0.319 e. The summed E-state index contributed by atoms with van der Waals surface area (Å²) < 4.78 is 11.0. The Morgan fingerprint density at radius 2 is 1.84 bits per heavy atom. The predicted octanol–water partition coefficient (Wildman–Crippen LogP) is 4.56. The van der Waals surface area contributed by atoms with Gasteiger partial charge in [-0.2, -0.15) is 0 Å². The fourth-order valence-corrected chi connectivity index (χ4v) is 2.75. The summed E-state index contributed by atoms with van der Waals surface area (Å²) in [6.07, 6.45) is 0. The summed E-state index contributed by atoms with van der Waals surface area (Å²) in [5, 5.41) is 6.04. The zero-order chi connectivity index (χ0) is 18.2. The molecule has 5 nitrogen and oxygen atoms in total. The molecule has 0 aliphatic heterocycles. The zero-order valence-electron chi connectivity index (χ0n) is 14.7. The highest BCUT2D eigenvalue weighted by molar-refractivity contribution is 6.34. The van der Waals surface area contributed by atoms with Crippen LogP contribution in [0.3, 0.4) is 0 Å². The van der Waals surface area contributed by atoms with Crippen molar-refractivity contribution in [3.63, 3.8) is 0 Å². The van der Waals surface area contributed by atoms with Gasteiger partial charge >= 0.3 is 6.03 Å². The number of carbonyl (C=O) groups is 1. The van der Waals surface area contributed by atoms with Crippen molar-refractivity contribution in [2.75, 3.05) is 25.1 Å². The van der Waals surface area contributed by atoms with E-state index in [4.69, 9.17) is 21.1 Å². The van der Waals surface area contributed by atoms with Gasteiger partial charge in [0.05, 0.1) is 23.9 Å². The van der Waals surface area contributed by atoms with Crippen molar-refractivity contribution in [2.24, 2.45) is 0 Å². The Morgan fingerprint density at radius 3 is 2.52 bits per heavy atom. The molecule has 2 N–H and O–H groups in total. The number of ether oxygens (including phenoxy) is 2. The summed E-state index contributed by atoms with van der Waals surface area (Å²) >= 11 is 6.18. The van der Waals surface area contributed by atoms with E-state index in [-0.39, 0.29) is 6.03 Å². The molecule has 0 heterocycles. The van der Waals surface area contributed by atoms with Gasteiger partial charge in [-0.05, 0) is 50.1 Å². The van der Waals surface area contributed by atoms with Gasteiger partial charge in [-0.1, -0.05) is 23.7 Å². The third-order valence-corrected chi connectivity index (χ3v) is 3.74. The summed E-state index contributed by atoms with van der Waals surface area (Å²) in [6, 6.07) is 10.9. The van der Waals surface area contributed by atoms with Crippen LogP contribution in [0.5, 0.6) is 11.5 Å². The van der Waals surface area contributed by atoms with Gasteiger partial charge in [-0.3, -0.25) is 0 Å². The molecule has 0 aliphatic rings. The molecule has 25 heavy (non-hydrogen) atoms. The number of rotatable bonds is 7. The molecule has 0 saturated heterocycles. The summed E-state index contributed by atoms with van der Waals surface area (Å²) in [7, 11) is 0. The third-order valence-electron chi connectivity index (χ3n) is 3.44. The molecule has 0 spiro atoms. The fraction of sp³-hybridized carbons (Fsp3) is 0.316. The molecule has 0 saturated carbocycles. The van der Waals surface area contributed by atoms with Crippen molar-refractivity contribution < 1.29 is 14.3 Å². The van der Waals surface area contributed by atoms with E-state index >= 15 is 0 Å². The van der Waals surface area contributed by atoms with Crippen LogP contribution < -0.4 is 20.1 Å². The highest BCUT2D eigenvalue weighted by atomic mass is 35.5. The lowest BCUT2D eigenvalue weighted by atomic mass is 10.1. The van der Waals surface area contributed by atoms with Gasteiger partial charge in [0.15, 0.2) is 0 Å². The number of halogens is 1. The number of urea groups is 1. The van der Waals surface area contributed by atoms with Gasteiger partial charge in [0.1, 0.15) is 18.1 Å². The van der Waals surface area contributed by atoms with Crippen molar-refractivity contribution in [3.05, 3.63) is 52.5 Å². The van der Waals surface area contributed by atoms with Crippen LogP contribution in [0, 0.1) is 13.8 Å². The van der Waals surface area contributed by atoms with Crippen molar-refractivity contribution in [1.82, 2.24) is 5.32 Å². The lowest BCUT2D eigenvalue weighted by Gasteiger charge is -2.13. The predicted molar refractivity (Wildman–Crippen MR) is 101 cm³/mol. The van der Waals surface area contributed by atoms with Crippen LogP contribution >= 0.6 is 11.6 Å². The number of hydrogen-bond acceptors (Lipinski definition) is 3. The lowest BCUT2D eigenvalue weighted by Crippen LogP contribution is -2.32. The quantitative estimate of drug-likeness (QED) is 0.710. The van der Waals surface area contributed by atoms with Crippen molar-refractivity contribution in [2.45, 2.75) is 20.8 Å². The van der Waals surface area contributed by atoms with E-state index in [0.717, 1.165) is 16.9 Å². The lowest BCUT2D eigenvalue weighted by molar-refractivity contribution is 0.247. The van der Waals surface area contributed by atoms with Gasteiger partial charge in [0.2, 0.25) is 0 Å². The summed E-state index contributed by atoms with van der Waals surface area (Å²) in [6.45, 7) is 7.12. The molecule has 0 bridgehead atoms. The van der Waals surface area contributed by atoms with Gasteiger partial charge < -0.3 is 20.1 Å². The van der Waals surface area contributed by atoms with Crippen LogP contribution in [0.25, 0.3) is 0 Å². The topological polar surface area (TPSA) is 59.6 Å². The third kappa shape index (κ3) is 5.87. The highest BCUT2D eigenvalue weighted by Gasteiger charge is 2.09. The second kappa shape index (κ2) is 9.18. The molecule has 2 rings (SSSR count). The Balaban J connectivity index is 1.78. The van der Waals surface area contributed by atoms with Crippen LogP contribution in [-0.2, 0) is 0 Å². The normalized spacial score (nSPS) is 10.2. The van der Waals surface area contributed by atoms with E-state index in [9.17, 15) is 4.79 Å². The first kappa shape index (κ1) is 18.9. The number of nitrogens with one attached hydrogen (secondary N) is 2. The number of amides is 2. The molecule has 0 unspecified atom stereocenters. The molecule has 6 heteroatoms. The molecule has 0 fully saturated rings. The van der Waals surface area contributed by atoms with E-state index in [1.807, 2.05) is 57.2 Å². The maximum absolute atomic E-state index is 12.0. The minimum atomic E-state index is -0.319. The van der Waals surface area contributed by atoms with Crippen LogP contribution in [0.4, 0.5) is 10.5 Å². The highest BCUT2D eigenvalue weighted by Crippen LogP contribution is 2.27. The summed E-state index contributed by atoms with van der Waals surface area (Å²) in [4.78, 5) is 12.0. The maximum atomic E-state index is 12.0. The Morgan fingerprint density at radius 1 is 1.12 bits per heavy atom. The van der Waals surface area contributed by atoms with Crippen LogP contribution in [0.2, 0.25) is 5.02 Å². The molecular weight excluding hydrogens is 340 g/mol. The summed E-state index contributed by atoms with van der Waals surface area (Å²) in [5.74, 6) is 1.46. The Hall–Kier alpha value is -2.40. The second-order valence-electron chi connectivity index (χ2n) is 5.58. The average molecular weight is 363 g/mol. The van der Waals surface area contributed by atoms with Crippen molar-refractivity contribution in [1.29, 1.82) is 0 Å². The number of hydrogen-bond donors (Lipinski definition) is 2. The smallest absolute Gasteiger partial charge is 0.319 e. The number of aryl methyl sites for hydroxylation is 2. The van der Waals surface area contributed by atoms with E-state index < -0.39 is 0 Å². The van der Waals surface area contributed by atoms with E-state index in [0.29, 0.717) is 36.2 Å². The minimum Gasteiger partial charge on any atom is -0.494 e. The molecule has 2 aromatic carbocycles. The molecular formula is C19H23ClN2O3. The van der Waals surface area contributed by atoms with Gasteiger partial charge in [0.25, 0.3) is 0 Å². The van der Waals surface area contributed by atoms with E-state index in [1.165, 1.54) is 0 Å². The molecule has 0 aliphatic carbocycles. The fourth-order valence-electron chi connectivity index (χ4n) is 2.39. The first-order valence-corrected chi connectivity index (χ1v) is 8.54. The van der Waals surface area contributed by atoms with Crippen LogP contribution in [0.15, 0.2) is 36.4 Å². The second-order valence-corrected chi connectivity index (χ2v) is 5.98. The Bertz CT molecular complexity index is 711. The minimum absolute atomic E-state index is 0.319.